The van der Waals surface area contributed by atoms with Gasteiger partial charge in [0.1, 0.15) is 0 Å². The minimum atomic E-state index is -0.935. The van der Waals surface area contributed by atoms with Crippen molar-refractivity contribution in [1.82, 2.24) is 0 Å². The quantitative estimate of drug-likeness (QED) is 0.610. The summed E-state index contributed by atoms with van der Waals surface area (Å²) in [5.41, 5.74) is 1.65. The Balaban J connectivity index is 0.00000147. The molecule has 20 heavy (non-hydrogen) atoms. The maximum absolute atomic E-state index is 6.04. The van der Waals surface area contributed by atoms with Crippen LogP contribution in [0, 0.1) is 6.07 Å². The van der Waals surface area contributed by atoms with Gasteiger partial charge in [-0.05, 0) is 0 Å². The van der Waals surface area contributed by atoms with Crippen molar-refractivity contribution in [3.63, 3.8) is 0 Å². The van der Waals surface area contributed by atoms with Crippen molar-refractivity contribution < 1.29 is 28.3 Å². The summed E-state index contributed by atoms with van der Waals surface area (Å²) in [6.45, 7) is 1.06. The third-order valence-electron chi connectivity index (χ3n) is 3.05. The molecule has 1 saturated heterocycles. The Hall–Kier alpha value is -0.463. The van der Waals surface area contributed by atoms with Crippen LogP contribution in [0.2, 0.25) is 10.0 Å². The Labute approximate surface area is 140 Å². The number of ether oxygens (including phenoxy) is 2. The number of halogens is 2. The minimum absolute atomic E-state index is 0. The van der Waals surface area contributed by atoms with E-state index in [-0.39, 0.29) is 18.9 Å². The molecule has 0 aliphatic carbocycles. The van der Waals surface area contributed by atoms with Crippen LogP contribution < -0.4 is 18.9 Å². The molecule has 0 radical (unpaired) electrons. The Morgan fingerprint density at radius 2 is 1.60 bits per heavy atom. The van der Waals surface area contributed by atoms with Gasteiger partial charge in [0.05, 0.1) is 13.2 Å². The fourth-order valence-electron chi connectivity index (χ4n) is 2.19. The van der Waals surface area contributed by atoms with Crippen LogP contribution in [0.4, 0.5) is 0 Å². The molecule has 98 valence electrons. The summed E-state index contributed by atoms with van der Waals surface area (Å²) in [5, 5.41) is 0.834. The number of hydrogen-bond donors (Lipinski definition) is 0. The van der Waals surface area contributed by atoms with Crippen molar-refractivity contribution in [2.75, 3.05) is 13.2 Å². The van der Waals surface area contributed by atoms with Crippen LogP contribution in [0.1, 0.15) is 11.1 Å². The molecule has 0 atom stereocenters. The van der Waals surface area contributed by atoms with Gasteiger partial charge in [0.2, 0.25) is 0 Å². The minimum Gasteiger partial charge on any atom is -0.341 e. The van der Waals surface area contributed by atoms with E-state index in [0.29, 0.717) is 23.3 Å². The first-order valence-electron chi connectivity index (χ1n) is 5.93. The zero-order valence-electron chi connectivity index (χ0n) is 11.0. The molecule has 1 aliphatic rings. The van der Waals surface area contributed by atoms with Crippen molar-refractivity contribution in [1.29, 1.82) is 0 Å². The van der Waals surface area contributed by atoms with Gasteiger partial charge < -0.3 is 9.47 Å². The van der Waals surface area contributed by atoms with Crippen molar-refractivity contribution in [2.24, 2.45) is 0 Å². The molecule has 0 amide bonds. The van der Waals surface area contributed by atoms with Gasteiger partial charge in [-0.3, -0.25) is 0 Å². The van der Waals surface area contributed by atoms with Crippen molar-refractivity contribution in [3.8, 4) is 0 Å². The smallest absolute Gasteiger partial charge is 0.341 e. The molecular weight excluding hydrogens is 290 g/mol. The van der Waals surface area contributed by atoms with Crippen molar-refractivity contribution >= 4 is 23.2 Å². The third kappa shape index (κ3) is 2.78. The van der Waals surface area contributed by atoms with Gasteiger partial charge in [0.25, 0.3) is 0 Å². The Bertz CT molecular complexity index is 584. The zero-order valence-corrected chi connectivity index (χ0v) is 12.5. The first-order valence-corrected chi connectivity index (χ1v) is 6.69. The van der Waals surface area contributed by atoms with E-state index >= 15 is 0 Å². The predicted octanol–water partition coefficient (Wildman–Crippen LogP) is 1.05. The molecule has 0 aromatic heterocycles. The molecule has 0 saturated carbocycles. The normalized spacial score (nSPS) is 16.7. The summed E-state index contributed by atoms with van der Waals surface area (Å²) in [7, 11) is 0. The van der Waals surface area contributed by atoms with Gasteiger partial charge in [-0.15, -0.1) is 11.6 Å². The molecule has 0 spiro atoms. The van der Waals surface area contributed by atoms with Crippen LogP contribution >= 0.6 is 23.2 Å². The molecule has 3 rings (SSSR count). The molecule has 2 nitrogen and oxygen atoms in total. The number of rotatable bonds is 2. The van der Waals surface area contributed by atoms with Crippen LogP contribution in [-0.4, -0.2) is 13.2 Å². The fourth-order valence-corrected chi connectivity index (χ4v) is 2.46. The molecule has 1 aliphatic heterocycles. The number of hydrogen-bond acceptors (Lipinski definition) is 2. The molecule has 5 heteroatoms. The van der Waals surface area contributed by atoms with E-state index in [9.17, 15) is 0 Å². The van der Waals surface area contributed by atoms with Crippen molar-refractivity contribution in [3.05, 3.63) is 69.7 Å². The summed E-state index contributed by atoms with van der Waals surface area (Å²) >= 11 is 12.0. The topological polar surface area (TPSA) is 18.5 Å². The fraction of sp³-hybridized carbons (Fsp3) is 0.200. The van der Waals surface area contributed by atoms with Gasteiger partial charge in [0, 0.05) is 5.56 Å². The van der Waals surface area contributed by atoms with E-state index in [1.54, 1.807) is 6.07 Å². The van der Waals surface area contributed by atoms with E-state index in [2.05, 4.69) is 6.07 Å². The van der Waals surface area contributed by atoms with E-state index < -0.39 is 5.79 Å². The monoisotopic (exact) mass is 300 g/mol. The molecule has 2 aromatic rings. The Kier molecular flexibility index (Phi) is 5.20. The molecular formula is C15H11Cl2LiO2. The van der Waals surface area contributed by atoms with Gasteiger partial charge in [-0.25, -0.2) is 0 Å². The molecule has 0 N–H and O–H groups in total. The van der Waals surface area contributed by atoms with Crippen LogP contribution in [0.15, 0.2) is 42.5 Å². The number of benzene rings is 2. The SMILES string of the molecule is Clc1[c-]c(C2(c3ccccc3)OCCO2)ccc1Cl.[Li+]. The van der Waals surface area contributed by atoms with Crippen molar-refractivity contribution in [2.45, 2.75) is 5.79 Å². The van der Waals surface area contributed by atoms with E-state index in [0.717, 1.165) is 11.1 Å². The molecule has 0 bridgehead atoms. The second-order valence-corrected chi connectivity index (χ2v) is 5.00. The van der Waals surface area contributed by atoms with Gasteiger partial charge in [-0.1, -0.05) is 45.9 Å². The average molecular weight is 301 g/mol. The summed E-state index contributed by atoms with van der Waals surface area (Å²) in [6.07, 6.45) is 0. The summed E-state index contributed by atoms with van der Waals surface area (Å²) in [5.74, 6) is -0.935. The molecule has 1 heterocycles. The van der Waals surface area contributed by atoms with Crippen LogP contribution in [0.5, 0.6) is 0 Å². The second kappa shape index (κ2) is 6.53. The van der Waals surface area contributed by atoms with Crippen LogP contribution in [0.25, 0.3) is 0 Å². The summed E-state index contributed by atoms with van der Waals surface area (Å²) in [6, 6.07) is 16.4. The van der Waals surface area contributed by atoms with Gasteiger partial charge in [-0.2, -0.15) is 29.8 Å². The predicted molar refractivity (Wildman–Crippen MR) is 74.4 cm³/mol. The molecule has 1 fully saturated rings. The van der Waals surface area contributed by atoms with Crippen LogP contribution in [0.3, 0.4) is 0 Å². The average Bonchev–Trinajstić information content (AvgIpc) is 2.93. The van der Waals surface area contributed by atoms with Gasteiger partial charge in [0.15, 0.2) is 5.79 Å². The third-order valence-corrected chi connectivity index (χ3v) is 3.76. The molecule has 2 aromatic carbocycles. The summed E-state index contributed by atoms with van der Waals surface area (Å²) < 4.78 is 11.7. The van der Waals surface area contributed by atoms with Crippen LogP contribution in [-0.2, 0) is 15.3 Å². The summed E-state index contributed by atoms with van der Waals surface area (Å²) in [4.78, 5) is 0. The van der Waals surface area contributed by atoms with E-state index in [4.69, 9.17) is 32.7 Å². The van der Waals surface area contributed by atoms with E-state index in [1.807, 2.05) is 36.4 Å². The molecule has 0 unspecified atom stereocenters. The van der Waals surface area contributed by atoms with E-state index in [1.165, 1.54) is 0 Å². The largest absolute Gasteiger partial charge is 1.00 e. The maximum atomic E-state index is 6.04. The Morgan fingerprint density at radius 1 is 0.950 bits per heavy atom. The second-order valence-electron chi connectivity index (χ2n) is 4.21. The Morgan fingerprint density at radius 3 is 2.20 bits per heavy atom. The first kappa shape index (κ1) is 15.9. The van der Waals surface area contributed by atoms with Gasteiger partial charge >= 0.3 is 18.9 Å². The maximum Gasteiger partial charge on any atom is 1.00 e. The zero-order chi connectivity index (χ0) is 13.3. The standard InChI is InChI=1S/C15H11Cl2O2.Li/c16-13-7-6-12(10-14(13)17)15(18-8-9-19-15)11-4-2-1-3-5-11;/h1-7H,8-9H2;/q-1;+1. The first-order chi connectivity index (χ1) is 9.22.